The lowest BCUT2D eigenvalue weighted by molar-refractivity contribution is 0.979. The van der Waals surface area contributed by atoms with Gasteiger partial charge in [-0.1, -0.05) is 212 Å². The number of nitrogens with zero attached hydrogens (tertiary/aromatic N) is 4. The van der Waals surface area contributed by atoms with E-state index in [2.05, 4.69) is 264 Å². The Kier molecular flexibility index (Phi) is 9.47. The molecule has 13 rings (SSSR count). The number of aromatic nitrogens is 4. The van der Waals surface area contributed by atoms with Crippen molar-refractivity contribution in [2.24, 2.45) is 0 Å². The van der Waals surface area contributed by atoms with Crippen LogP contribution in [0.25, 0.3) is 122 Å². The molecule has 0 aliphatic carbocycles. The molecule has 0 unspecified atom stereocenters. The third-order valence-corrected chi connectivity index (χ3v) is 13.4. The van der Waals surface area contributed by atoms with Crippen LogP contribution in [-0.4, -0.2) is 19.2 Å². The Morgan fingerprint density at radius 1 is 0.309 bits per heavy atom. The zero-order valence-corrected chi connectivity index (χ0v) is 37.0. The van der Waals surface area contributed by atoms with Gasteiger partial charge in [0.15, 0.2) is 0 Å². The minimum atomic E-state index is 0.926. The minimum absolute atomic E-state index is 0.926. The second kappa shape index (κ2) is 16.4. The summed E-state index contributed by atoms with van der Waals surface area (Å²) in [6, 6.07) is 91.0. The molecule has 0 aliphatic heterocycles. The number of hydrogen-bond donors (Lipinski definition) is 0. The Bertz CT molecular complexity index is 3910. The molecule has 318 valence electrons. The zero-order chi connectivity index (χ0) is 45.0. The first kappa shape index (κ1) is 39.3. The summed E-state index contributed by atoms with van der Waals surface area (Å²) in [4.78, 5) is 5.29. The highest BCUT2D eigenvalue weighted by Crippen LogP contribution is 2.43. The molecule has 0 radical (unpaired) electrons. The van der Waals surface area contributed by atoms with Crippen LogP contribution in [0.15, 0.2) is 255 Å². The molecule has 0 atom stereocenters. The van der Waals surface area contributed by atoms with Crippen LogP contribution in [-0.2, 0) is 0 Å². The maximum absolute atomic E-state index is 5.44. The van der Waals surface area contributed by atoms with Gasteiger partial charge in [0.1, 0.15) is 5.69 Å². The Morgan fingerprint density at radius 2 is 0.794 bits per heavy atom. The molecule has 0 amide bonds. The number of para-hydroxylation sites is 2. The van der Waals surface area contributed by atoms with E-state index in [-0.39, 0.29) is 0 Å². The molecule has 4 heteroatoms. The van der Waals surface area contributed by atoms with Gasteiger partial charge in [-0.15, -0.1) is 0 Å². The Morgan fingerprint density at radius 3 is 1.41 bits per heavy atom. The van der Waals surface area contributed by atoms with Crippen LogP contribution in [0.5, 0.6) is 0 Å². The predicted octanol–water partition coefficient (Wildman–Crippen LogP) is 16.6. The predicted molar refractivity (Wildman–Crippen MR) is 283 cm³/mol. The summed E-state index contributed by atoms with van der Waals surface area (Å²) in [5, 5.41) is 10.3. The number of rotatable bonds is 8. The second-order valence-electron chi connectivity index (χ2n) is 17.4. The van der Waals surface area contributed by atoms with Crippen molar-refractivity contribution in [2.75, 3.05) is 0 Å². The number of benzene rings is 9. The van der Waals surface area contributed by atoms with Crippen molar-refractivity contribution < 1.29 is 0 Å². The molecule has 0 bridgehead atoms. The van der Waals surface area contributed by atoms with E-state index >= 15 is 0 Å². The van der Waals surface area contributed by atoms with E-state index in [1.807, 2.05) is 0 Å². The summed E-state index contributed by atoms with van der Waals surface area (Å²) >= 11 is 0. The van der Waals surface area contributed by atoms with E-state index in [1.54, 1.807) is 0 Å². The first-order valence-corrected chi connectivity index (χ1v) is 23.2. The van der Waals surface area contributed by atoms with Crippen LogP contribution < -0.4 is 0 Å². The number of hydrogen-bond acceptors (Lipinski definition) is 2. The summed E-state index contributed by atoms with van der Waals surface area (Å²) in [6.07, 6.45) is 0. The van der Waals surface area contributed by atoms with Crippen molar-refractivity contribution in [3.05, 3.63) is 255 Å². The summed E-state index contributed by atoms with van der Waals surface area (Å²) in [5.74, 6) is 0. The molecule has 4 aromatic heterocycles. The fourth-order valence-electron chi connectivity index (χ4n) is 10.1. The molecule has 9 aromatic carbocycles. The van der Waals surface area contributed by atoms with Crippen molar-refractivity contribution in [1.82, 2.24) is 19.2 Å². The van der Waals surface area contributed by atoms with E-state index in [4.69, 9.17) is 10.1 Å². The third-order valence-electron chi connectivity index (χ3n) is 13.4. The fourth-order valence-corrected chi connectivity index (χ4v) is 10.1. The maximum Gasteiger partial charge on any atom is 0.101 e. The molecule has 0 N–H and O–H groups in total. The van der Waals surface area contributed by atoms with Gasteiger partial charge in [-0.25, -0.2) is 9.50 Å². The smallest absolute Gasteiger partial charge is 0.101 e. The Labute approximate surface area is 394 Å². The fraction of sp³-hybridized carbons (Fsp3) is 0. The van der Waals surface area contributed by atoms with E-state index in [1.165, 1.54) is 32.8 Å². The molecule has 4 nitrogen and oxygen atoms in total. The molecule has 13 aromatic rings. The van der Waals surface area contributed by atoms with Gasteiger partial charge in [-0.2, -0.15) is 5.10 Å². The zero-order valence-electron chi connectivity index (χ0n) is 37.0. The van der Waals surface area contributed by atoms with Gasteiger partial charge in [0.05, 0.1) is 33.6 Å². The highest BCUT2D eigenvalue weighted by Gasteiger charge is 2.23. The first-order chi connectivity index (χ1) is 33.7. The van der Waals surface area contributed by atoms with Gasteiger partial charge >= 0.3 is 0 Å². The van der Waals surface area contributed by atoms with Crippen molar-refractivity contribution in [3.8, 4) is 84.1 Å². The number of fused-ring (bicyclic) bond motifs is 6. The van der Waals surface area contributed by atoms with E-state index in [0.717, 1.165) is 89.4 Å². The van der Waals surface area contributed by atoms with Crippen LogP contribution in [0.2, 0.25) is 0 Å². The van der Waals surface area contributed by atoms with Gasteiger partial charge in [0, 0.05) is 49.7 Å². The molecule has 0 saturated carbocycles. The van der Waals surface area contributed by atoms with Crippen LogP contribution in [0.3, 0.4) is 0 Å². The topological polar surface area (TPSA) is 35.1 Å². The molecular formula is C64H42N4. The number of pyridine rings is 2. The largest absolute Gasteiger partial charge is 0.309 e. The van der Waals surface area contributed by atoms with E-state index in [9.17, 15) is 0 Å². The standard InChI is InChI=1S/C64H42N4/c1-5-18-45(19-6-1)57-40-50(41-58(65-57)46-36-38-51(39-37-46)67-59-30-15-13-26-53(59)54-27-14-16-31-60(54)67)43-32-34-44(35-33-43)52-28-17-29-55-56(52)42-61(47-20-7-2-8-21-47)68-64(55)62(48-22-9-3-10-23-48)63(66-68)49-24-11-4-12-25-49/h1-42H. The average molecular weight is 867 g/mol. The molecule has 4 heterocycles. The monoisotopic (exact) mass is 866 g/mol. The third kappa shape index (κ3) is 6.69. The van der Waals surface area contributed by atoms with Crippen LogP contribution >= 0.6 is 0 Å². The Balaban J connectivity index is 0.938. The maximum atomic E-state index is 5.44. The molecule has 0 aliphatic rings. The van der Waals surface area contributed by atoms with Crippen molar-refractivity contribution in [2.45, 2.75) is 0 Å². The molecule has 0 fully saturated rings. The highest BCUT2D eigenvalue weighted by atomic mass is 15.2. The molecule has 0 spiro atoms. The average Bonchev–Trinajstić information content (AvgIpc) is 3.99. The van der Waals surface area contributed by atoms with Gasteiger partial charge in [0.2, 0.25) is 0 Å². The summed E-state index contributed by atoms with van der Waals surface area (Å²) < 4.78 is 4.52. The van der Waals surface area contributed by atoms with Crippen LogP contribution in [0, 0.1) is 0 Å². The lowest BCUT2D eigenvalue weighted by Crippen LogP contribution is -1.96. The molecular weight excluding hydrogens is 825 g/mol. The molecule has 68 heavy (non-hydrogen) atoms. The summed E-state index contributed by atoms with van der Waals surface area (Å²) in [7, 11) is 0. The second-order valence-corrected chi connectivity index (χ2v) is 17.4. The van der Waals surface area contributed by atoms with Gasteiger partial charge < -0.3 is 4.57 Å². The van der Waals surface area contributed by atoms with Crippen molar-refractivity contribution in [1.29, 1.82) is 0 Å². The van der Waals surface area contributed by atoms with Gasteiger partial charge in [0.25, 0.3) is 0 Å². The lowest BCUT2D eigenvalue weighted by Gasteiger charge is -2.15. The molecule has 0 saturated heterocycles. The normalized spacial score (nSPS) is 11.5. The van der Waals surface area contributed by atoms with Gasteiger partial charge in [-0.05, 0) is 75.7 Å². The summed E-state index contributed by atoms with van der Waals surface area (Å²) in [6.45, 7) is 0. The van der Waals surface area contributed by atoms with Crippen molar-refractivity contribution >= 4 is 38.1 Å². The van der Waals surface area contributed by atoms with E-state index in [0.29, 0.717) is 0 Å². The van der Waals surface area contributed by atoms with E-state index < -0.39 is 0 Å². The van der Waals surface area contributed by atoms with Crippen molar-refractivity contribution in [3.63, 3.8) is 0 Å². The quantitative estimate of drug-likeness (QED) is 0.153. The highest BCUT2D eigenvalue weighted by molar-refractivity contribution is 6.13. The van der Waals surface area contributed by atoms with Crippen LogP contribution in [0.4, 0.5) is 0 Å². The van der Waals surface area contributed by atoms with Gasteiger partial charge in [-0.3, -0.25) is 0 Å². The Hall–Kier alpha value is -9.12. The van der Waals surface area contributed by atoms with Crippen LogP contribution in [0.1, 0.15) is 0 Å². The first-order valence-electron chi connectivity index (χ1n) is 23.2. The minimum Gasteiger partial charge on any atom is -0.309 e. The SMILES string of the molecule is c1ccc(-c2cc(-c3ccc(-c4cccc5c4cc(-c4ccccc4)n4nc(-c6ccccc6)c(-c6ccccc6)c54)cc3)cc(-c3ccc(-n4c5ccccc5c5ccccc54)cc3)n2)cc1. The lowest BCUT2D eigenvalue weighted by atomic mass is 9.92. The summed E-state index contributed by atoms with van der Waals surface area (Å²) in [5.41, 5.74) is 19.6.